The molecule has 0 bridgehead atoms. The molecule has 0 N–H and O–H groups in total. The van der Waals surface area contributed by atoms with E-state index in [1.807, 2.05) is 42.5 Å². The minimum absolute atomic E-state index is 0. The summed E-state index contributed by atoms with van der Waals surface area (Å²) in [5.74, 6) is 0.794. The molecule has 5 heteroatoms. The van der Waals surface area contributed by atoms with E-state index in [-0.39, 0.29) is 31.9 Å². The Labute approximate surface area is 423 Å². The van der Waals surface area contributed by atoms with Crippen LogP contribution in [0.2, 0.25) is 0 Å². The third-order valence-electron chi connectivity index (χ3n) is 14.1. The van der Waals surface area contributed by atoms with Crippen molar-refractivity contribution in [1.82, 2.24) is 14.5 Å². The maximum absolute atomic E-state index is 9.40. The second kappa shape index (κ2) is 19.9. The number of nitrogens with zero attached hydrogens (tertiary/aromatic N) is 3. The Morgan fingerprint density at radius 3 is 2.04 bits per heavy atom. The maximum atomic E-state index is 9.40. The van der Waals surface area contributed by atoms with Crippen LogP contribution in [-0.2, 0) is 20.1 Å². The first-order valence-corrected chi connectivity index (χ1v) is 24.4. The number of aromatic nitrogens is 3. The third-order valence-corrected chi connectivity index (χ3v) is 14.1. The molecular formula is C64H61IrN3O-2. The molecule has 1 aliphatic carbocycles. The Balaban J connectivity index is 0.000000407. The van der Waals surface area contributed by atoms with Crippen molar-refractivity contribution in [2.24, 2.45) is 5.41 Å². The van der Waals surface area contributed by atoms with Crippen LogP contribution in [0.4, 0.5) is 0 Å². The smallest absolute Gasteiger partial charge is 0.121 e. The second-order valence-corrected chi connectivity index (χ2v) is 20.1. The number of imidazole rings is 1. The minimum atomic E-state index is -0.511. The number of benzene rings is 7. The number of hydrogen-bond donors (Lipinski definition) is 0. The Kier molecular flexibility index (Phi) is 13.4. The van der Waals surface area contributed by atoms with E-state index < -0.39 is 5.89 Å². The van der Waals surface area contributed by atoms with Crippen LogP contribution >= 0.6 is 0 Å². The van der Waals surface area contributed by atoms with Crippen molar-refractivity contribution >= 4 is 33.0 Å². The van der Waals surface area contributed by atoms with Crippen LogP contribution in [0.15, 0.2) is 162 Å². The van der Waals surface area contributed by atoms with Crippen molar-refractivity contribution in [2.45, 2.75) is 98.8 Å². The number of aryl methyl sites for hydroxylation is 2. The fraction of sp³-hybridized carbons (Fsp3) is 0.250. The van der Waals surface area contributed by atoms with Gasteiger partial charge in [-0.3, -0.25) is 4.98 Å². The quantitative estimate of drug-likeness (QED) is 0.142. The van der Waals surface area contributed by atoms with E-state index in [4.69, 9.17) is 9.40 Å². The van der Waals surface area contributed by atoms with Crippen LogP contribution in [0.1, 0.15) is 114 Å². The van der Waals surface area contributed by atoms with Gasteiger partial charge in [0.05, 0.1) is 22.4 Å². The Bertz CT molecular complexity index is 3370. The summed E-state index contributed by atoms with van der Waals surface area (Å²) in [4.78, 5) is 9.66. The first-order chi connectivity index (χ1) is 33.3. The third kappa shape index (κ3) is 9.52. The average Bonchev–Trinajstić information content (AvgIpc) is 3.96. The van der Waals surface area contributed by atoms with Crippen molar-refractivity contribution in [3.63, 3.8) is 0 Å². The van der Waals surface area contributed by atoms with Gasteiger partial charge in [-0.25, -0.2) is 0 Å². The van der Waals surface area contributed by atoms with E-state index in [9.17, 15) is 1.37 Å². The van der Waals surface area contributed by atoms with Gasteiger partial charge in [0, 0.05) is 38.7 Å². The number of pyridine rings is 1. The van der Waals surface area contributed by atoms with Gasteiger partial charge in [-0.2, -0.15) is 0 Å². The summed E-state index contributed by atoms with van der Waals surface area (Å²) in [5, 5.41) is 2.20. The van der Waals surface area contributed by atoms with Gasteiger partial charge >= 0.3 is 0 Å². The number of fused-ring (bicyclic) bond motifs is 4. The van der Waals surface area contributed by atoms with E-state index >= 15 is 0 Å². The van der Waals surface area contributed by atoms with E-state index in [0.717, 1.165) is 104 Å². The van der Waals surface area contributed by atoms with Crippen molar-refractivity contribution in [3.8, 4) is 50.6 Å². The Morgan fingerprint density at radius 1 is 0.696 bits per heavy atom. The molecule has 0 atom stereocenters. The van der Waals surface area contributed by atoms with Gasteiger partial charge in [0.15, 0.2) is 0 Å². The molecule has 1 radical (unpaired) electrons. The van der Waals surface area contributed by atoms with Gasteiger partial charge in [-0.15, -0.1) is 53.6 Å². The molecule has 1 aliphatic rings. The standard InChI is InChI=1S/C53H53N2O.C11H8N.Ir/c1-32(2)44-29-41(38-20-18-37(19-21-38)39-25-27-53(7,8)28-26-39)30-45(33(3)4)50(44)55-49-35(6)13-12-16-46(49)54-52(55)43-23-17-34(5)48-42-24-22-40(31-47(42)56-51(43)48)36-14-10-9-11-15-36;1-2-6-10(7-3-1)11-8-4-5-9-12-11;/h9-22,24,29-33,39H,25-28H2,1-8H3;1-6,8-9H;/q2*-1;/i39D;;. The maximum Gasteiger partial charge on any atom is 0.121 e. The zero-order valence-corrected chi connectivity index (χ0v) is 43.5. The zero-order valence-electron chi connectivity index (χ0n) is 42.1. The predicted molar refractivity (Wildman–Crippen MR) is 285 cm³/mol. The van der Waals surface area contributed by atoms with Crippen LogP contribution in [-0.4, -0.2) is 14.5 Å². The normalized spacial score (nSPS) is 14.4. The number of hydrogen-bond acceptors (Lipinski definition) is 3. The Hall–Kier alpha value is -6.39. The first kappa shape index (κ1) is 46.3. The largest absolute Gasteiger partial charge is 0.501 e. The molecule has 11 rings (SSSR count). The molecule has 1 saturated carbocycles. The van der Waals surface area contributed by atoms with E-state index in [2.05, 4.69) is 186 Å². The van der Waals surface area contributed by atoms with Crippen LogP contribution in [0.25, 0.3) is 83.6 Å². The summed E-state index contributed by atoms with van der Waals surface area (Å²) in [5.41, 5.74) is 18.8. The van der Waals surface area contributed by atoms with Gasteiger partial charge in [0.1, 0.15) is 5.58 Å². The summed E-state index contributed by atoms with van der Waals surface area (Å²) in [7, 11) is 0. The molecule has 0 unspecified atom stereocenters. The molecule has 1 fully saturated rings. The topological polar surface area (TPSA) is 43.9 Å². The van der Waals surface area contributed by atoms with Crippen LogP contribution in [0.3, 0.4) is 0 Å². The van der Waals surface area contributed by atoms with Crippen molar-refractivity contribution in [2.75, 3.05) is 0 Å². The monoisotopic (exact) mass is 1080 g/mol. The Morgan fingerprint density at radius 2 is 1.38 bits per heavy atom. The number of rotatable bonds is 8. The number of para-hydroxylation sites is 1. The van der Waals surface area contributed by atoms with Crippen molar-refractivity contribution in [3.05, 3.63) is 198 Å². The molecule has 4 nitrogen and oxygen atoms in total. The summed E-state index contributed by atoms with van der Waals surface area (Å²) in [6, 6.07) is 59.8. The fourth-order valence-corrected chi connectivity index (χ4v) is 10.1. The molecule has 3 heterocycles. The van der Waals surface area contributed by atoms with Gasteiger partial charge in [0.25, 0.3) is 0 Å². The average molecular weight is 1080 g/mol. The SMILES string of the molecule is [2H]C1(c2ccc(-c3cc(C(C)C)c(-n4c(-c5[c-]cc(C)c6c5oc5cc(-c7ccccc7)ccc56)nc5cccc(C)c54)c(C(C)C)c3)cc2)CCC(C)(C)CC1.[Ir].[c-]1ccccc1-c1ccccn1. The van der Waals surface area contributed by atoms with Gasteiger partial charge in [-0.1, -0.05) is 150 Å². The molecule has 3 aromatic heterocycles. The van der Waals surface area contributed by atoms with E-state index in [0.29, 0.717) is 5.41 Å². The van der Waals surface area contributed by atoms with Gasteiger partial charge in [-0.05, 0) is 136 Å². The fourth-order valence-electron chi connectivity index (χ4n) is 10.1. The second-order valence-electron chi connectivity index (χ2n) is 20.1. The summed E-state index contributed by atoms with van der Waals surface area (Å²) >= 11 is 0. The molecule has 69 heavy (non-hydrogen) atoms. The minimum Gasteiger partial charge on any atom is -0.501 e. The molecule has 10 aromatic rings. The predicted octanol–water partition coefficient (Wildman–Crippen LogP) is 17.8. The van der Waals surface area contributed by atoms with Crippen molar-refractivity contribution < 1.29 is 25.9 Å². The first-order valence-electron chi connectivity index (χ1n) is 24.9. The summed E-state index contributed by atoms with van der Waals surface area (Å²) in [6.45, 7) is 18.2. The van der Waals surface area contributed by atoms with Gasteiger partial charge < -0.3 is 14.0 Å². The summed E-state index contributed by atoms with van der Waals surface area (Å²) in [6.07, 6.45) is 5.80. The molecule has 0 saturated heterocycles. The molecule has 0 aliphatic heterocycles. The van der Waals surface area contributed by atoms with Crippen LogP contribution < -0.4 is 0 Å². The molecule has 7 aromatic carbocycles. The van der Waals surface area contributed by atoms with Crippen LogP contribution in [0.5, 0.6) is 0 Å². The number of furan rings is 1. The molecule has 0 spiro atoms. The molecular weight excluding hydrogens is 1020 g/mol. The molecule has 0 amide bonds. The summed E-state index contributed by atoms with van der Waals surface area (Å²) < 4.78 is 18.7. The zero-order chi connectivity index (χ0) is 48.0. The van der Waals surface area contributed by atoms with E-state index in [1.165, 1.54) is 33.5 Å². The van der Waals surface area contributed by atoms with Gasteiger partial charge in [0.2, 0.25) is 0 Å². The van der Waals surface area contributed by atoms with Crippen molar-refractivity contribution in [1.29, 1.82) is 0 Å². The van der Waals surface area contributed by atoms with E-state index in [1.54, 1.807) is 6.20 Å². The molecule has 349 valence electrons. The van der Waals surface area contributed by atoms with Crippen LogP contribution in [0, 0.1) is 31.4 Å².